The van der Waals surface area contributed by atoms with Crippen molar-refractivity contribution in [2.24, 2.45) is 0 Å². The molecule has 5 heteroatoms. The molecule has 0 fully saturated rings. The van der Waals surface area contributed by atoms with Crippen LogP contribution in [0.5, 0.6) is 0 Å². The van der Waals surface area contributed by atoms with E-state index in [1.165, 1.54) is 4.90 Å². The maximum Gasteiger partial charge on any atom is 0.336 e. The number of halogens is 1. The Balaban J connectivity index is 1.65. The molecule has 0 bridgehead atoms. The average molecular weight is 409 g/mol. The van der Waals surface area contributed by atoms with Crippen LogP contribution in [0.1, 0.15) is 17.2 Å². The fourth-order valence-corrected chi connectivity index (χ4v) is 4.29. The number of hydrogen-bond acceptors (Lipinski definition) is 2. The summed E-state index contributed by atoms with van der Waals surface area (Å²) in [6.07, 6.45) is 0. The van der Waals surface area contributed by atoms with Crippen molar-refractivity contribution in [1.82, 2.24) is 0 Å². The molecule has 0 aliphatic carbocycles. The van der Waals surface area contributed by atoms with E-state index >= 15 is 0 Å². The van der Waals surface area contributed by atoms with Gasteiger partial charge in [-0.2, -0.15) is 0 Å². The molecule has 0 unspecified atom stereocenters. The highest BCUT2D eigenvalue weighted by atomic mass is 35.5. The van der Waals surface area contributed by atoms with Gasteiger partial charge in [0.1, 0.15) is 18.7 Å². The Morgan fingerprint density at radius 3 is 2.59 bits per heavy atom. The largest absolute Gasteiger partial charge is 0.423 e. The summed E-state index contributed by atoms with van der Waals surface area (Å²) in [4.78, 5) is 13.4. The molecule has 0 saturated heterocycles. The van der Waals surface area contributed by atoms with Crippen LogP contribution >= 0.6 is 11.6 Å². The maximum atomic E-state index is 12.1. The Morgan fingerprint density at radius 1 is 1.03 bits per heavy atom. The minimum atomic E-state index is -0.308. The van der Waals surface area contributed by atoms with Gasteiger partial charge in [-0.3, -0.25) is 0 Å². The van der Waals surface area contributed by atoms with Crippen LogP contribution in [0.3, 0.4) is 0 Å². The molecular weight excluding hydrogens is 384 g/mol. The third-order valence-corrected chi connectivity index (χ3v) is 5.80. The average Bonchev–Trinajstić information content (AvgIpc) is 2.71. The monoisotopic (exact) mass is 408 g/mol. The number of nitrogens with one attached hydrogen (secondary N) is 1. The molecule has 1 aromatic heterocycles. The number of hydrogen-bond donors (Lipinski definition) is 2. The van der Waals surface area contributed by atoms with E-state index in [4.69, 9.17) is 16.0 Å². The molecule has 0 aliphatic rings. The lowest BCUT2D eigenvalue weighted by Gasteiger charge is -2.21. The molecule has 3 aromatic carbocycles. The third-order valence-electron chi connectivity index (χ3n) is 5.46. The van der Waals surface area contributed by atoms with Gasteiger partial charge in [0.25, 0.3) is 0 Å². The van der Waals surface area contributed by atoms with Crippen LogP contribution in [0.25, 0.3) is 21.7 Å². The van der Waals surface area contributed by atoms with E-state index in [2.05, 4.69) is 37.6 Å². The van der Waals surface area contributed by atoms with Gasteiger partial charge in [-0.1, -0.05) is 60.1 Å². The summed E-state index contributed by atoms with van der Waals surface area (Å²) in [5.41, 5.74) is 2.48. The van der Waals surface area contributed by atoms with Gasteiger partial charge in [-0.15, -0.1) is 0 Å². The first-order valence-corrected chi connectivity index (χ1v) is 10.2. The normalized spacial score (nSPS) is 12.7. The van der Waals surface area contributed by atoms with Gasteiger partial charge in [-0.25, -0.2) is 4.79 Å². The van der Waals surface area contributed by atoms with Crippen LogP contribution in [0.4, 0.5) is 0 Å². The van der Waals surface area contributed by atoms with Gasteiger partial charge in [0.2, 0.25) is 0 Å². The fourth-order valence-electron chi connectivity index (χ4n) is 4.02. The number of quaternary nitrogens is 2. The minimum absolute atomic E-state index is 0.256. The summed E-state index contributed by atoms with van der Waals surface area (Å²) in [5.74, 6) is 0. The van der Waals surface area contributed by atoms with Gasteiger partial charge < -0.3 is 14.6 Å². The van der Waals surface area contributed by atoms with Crippen molar-refractivity contribution in [1.29, 1.82) is 0 Å². The highest BCUT2D eigenvalue weighted by molar-refractivity contribution is 6.31. The predicted molar refractivity (Wildman–Crippen MR) is 117 cm³/mol. The summed E-state index contributed by atoms with van der Waals surface area (Å²) in [6.45, 7) is 1.56. The van der Waals surface area contributed by atoms with Crippen molar-refractivity contribution in [3.05, 3.63) is 93.3 Å². The van der Waals surface area contributed by atoms with E-state index in [9.17, 15) is 4.79 Å². The zero-order chi connectivity index (χ0) is 20.4. The van der Waals surface area contributed by atoms with Crippen LogP contribution in [-0.4, -0.2) is 20.6 Å². The van der Waals surface area contributed by atoms with Crippen molar-refractivity contribution in [3.63, 3.8) is 0 Å². The standard InChI is InChI=1S/C24H23ClN2O2/c1-27(2)21(19-9-5-6-10-20(19)25)15-26-14-17-13-23(28)29-22-12-11-16-7-3-4-8-18(16)24(17)22/h3-13,21,26H,14-15H2,1-2H3/p+2/t21-/m1/s1. The van der Waals surface area contributed by atoms with E-state index in [0.29, 0.717) is 12.1 Å². The van der Waals surface area contributed by atoms with E-state index in [-0.39, 0.29) is 11.7 Å². The summed E-state index contributed by atoms with van der Waals surface area (Å²) in [5, 5.41) is 6.31. The zero-order valence-corrected chi connectivity index (χ0v) is 17.4. The lowest BCUT2D eigenvalue weighted by atomic mass is 10.0. The molecule has 1 atom stereocenters. The molecule has 1 heterocycles. The number of fused-ring (bicyclic) bond motifs is 3. The topological polar surface area (TPSA) is 51.3 Å². The van der Waals surface area contributed by atoms with Gasteiger partial charge >= 0.3 is 5.63 Å². The van der Waals surface area contributed by atoms with Crippen LogP contribution in [0.2, 0.25) is 5.02 Å². The van der Waals surface area contributed by atoms with Crippen LogP contribution in [-0.2, 0) is 6.54 Å². The molecule has 3 N–H and O–H groups in total. The number of likely N-dealkylation sites (N-methyl/N-ethyl adjacent to an activating group) is 1. The summed E-state index contributed by atoms with van der Waals surface area (Å²) < 4.78 is 5.47. The zero-order valence-electron chi connectivity index (χ0n) is 16.6. The number of nitrogens with two attached hydrogens (primary N) is 1. The Morgan fingerprint density at radius 2 is 1.79 bits per heavy atom. The quantitative estimate of drug-likeness (QED) is 0.380. The second-order valence-electron chi connectivity index (χ2n) is 7.63. The van der Waals surface area contributed by atoms with E-state index in [1.54, 1.807) is 6.07 Å². The Hall–Kier alpha value is -2.66. The van der Waals surface area contributed by atoms with Crippen LogP contribution in [0.15, 0.2) is 75.9 Å². The Kier molecular flexibility index (Phi) is 5.67. The Labute approximate surface area is 174 Å². The molecule has 0 spiro atoms. The molecule has 0 amide bonds. The first-order valence-electron chi connectivity index (χ1n) is 9.85. The van der Waals surface area contributed by atoms with Gasteiger partial charge in [-0.05, 0) is 22.9 Å². The summed E-state index contributed by atoms with van der Waals surface area (Å²) >= 11 is 6.44. The van der Waals surface area contributed by atoms with Crippen molar-refractivity contribution in [3.8, 4) is 0 Å². The lowest BCUT2D eigenvalue weighted by Crippen LogP contribution is -3.09. The van der Waals surface area contributed by atoms with E-state index in [1.807, 2.05) is 42.5 Å². The Bertz CT molecular complexity index is 1220. The first-order chi connectivity index (χ1) is 14.0. The van der Waals surface area contributed by atoms with Gasteiger partial charge in [0.05, 0.1) is 14.1 Å². The summed E-state index contributed by atoms with van der Waals surface area (Å²) in [6, 6.07) is 22.0. The molecule has 4 nitrogen and oxygen atoms in total. The highest BCUT2D eigenvalue weighted by Crippen LogP contribution is 2.27. The number of benzene rings is 3. The SMILES string of the molecule is C[NH+](C)[C@H](C[NH2+]Cc1cc(=O)oc2ccc3ccccc3c12)c1ccccc1Cl. The molecule has 29 heavy (non-hydrogen) atoms. The second-order valence-corrected chi connectivity index (χ2v) is 8.04. The third kappa shape index (κ3) is 4.06. The maximum absolute atomic E-state index is 12.1. The molecule has 4 aromatic rings. The van der Waals surface area contributed by atoms with Gasteiger partial charge in [0, 0.05) is 27.6 Å². The molecule has 0 aliphatic heterocycles. The number of rotatable bonds is 6. The highest BCUT2D eigenvalue weighted by Gasteiger charge is 2.22. The molecule has 0 radical (unpaired) electrons. The predicted octanol–water partition coefficient (Wildman–Crippen LogP) is 2.55. The van der Waals surface area contributed by atoms with Crippen molar-refractivity contribution in [2.45, 2.75) is 12.6 Å². The fraction of sp³-hybridized carbons (Fsp3) is 0.208. The van der Waals surface area contributed by atoms with E-state index < -0.39 is 0 Å². The van der Waals surface area contributed by atoms with E-state index in [0.717, 1.165) is 38.9 Å². The second kappa shape index (κ2) is 8.37. The molecule has 148 valence electrons. The first kappa shape index (κ1) is 19.6. The smallest absolute Gasteiger partial charge is 0.336 e. The minimum Gasteiger partial charge on any atom is -0.423 e. The molecule has 0 saturated carbocycles. The van der Waals surface area contributed by atoms with Crippen molar-refractivity contribution >= 4 is 33.3 Å². The lowest BCUT2D eigenvalue weighted by molar-refractivity contribution is -0.910. The van der Waals surface area contributed by atoms with Crippen LogP contribution < -0.4 is 15.8 Å². The van der Waals surface area contributed by atoms with Crippen molar-refractivity contribution in [2.75, 3.05) is 20.6 Å². The summed E-state index contributed by atoms with van der Waals surface area (Å²) in [7, 11) is 4.28. The van der Waals surface area contributed by atoms with Crippen molar-refractivity contribution < 1.29 is 14.6 Å². The molecule has 4 rings (SSSR count). The van der Waals surface area contributed by atoms with Gasteiger partial charge in [0.15, 0.2) is 6.04 Å². The molecular formula is C24H25ClN2O2+2. The van der Waals surface area contributed by atoms with Crippen LogP contribution in [0, 0.1) is 0 Å².